The van der Waals surface area contributed by atoms with Gasteiger partial charge in [0.2, 0.25) is 5.91 Å². The smallest absolute Gasteiger partial charge is 0.297 e. The monoisotopic (exact) mass is 993 g/mol. The molecule has 4 N–H and O–H groups in total. The molecule has 2 amide bonds. The van der Waals surface area contributed by atoms with Crippen molar-refractivity contribution in [1.82, 2.24) is 29.6 Å². The number of halogens is 1. The number of aromatic nitrogens is 2. The van der Waals surface area contributed by atoms with Crippen molar-refractivity contribution in [2.24, 2.45) is 11.3 Å². The van der Waals surface area contributed by atoms with E-state index in [1.54, 1.807) is 26.0 Å². The molecule has 3 aromatic carbocycles. The lowest BCUT2D eigenvalue weighted by Crippen LogP contribution is -2.68. The number of ether oxygens (including phenoxy) is 2. The van der Waals surface area contributed by atoms with Crippen LogP contribution in [0.2, 0.25) is 0 Å². The number of aliphatic hydroxyl groups is 1. The molecule has 1 saturated carbocycles. The summed E-state index contributed by atoms with van der Waals surface area (Å²) in [7, 11) is -4.74. The first-order chi connectivity index (χ1) is 33.9. The van der Waals surface area contributed by atoms with Crippen LogP contribution in [0.15, 0.2) is 78.0 Å². The first kappa shape index (κ1) is 48.3. The molecule has 18 nitrogen and oxygen atoms in total. The maximum Gasteiger partial charge on any atom is 0.297 e. The number of H-pyrrole nitrogens is 1. The molecule has 2 aromatic heterocycles. The number of pyridine rings is 1. The number of piperazine rings is 1. The molecule has 1 aliphatic carbocycles. The standard InChI is InChI=1S/C51H60FN9O9S/c1-31(2)37-7-5-6-8-38(37)44-27-58(32(3)62)19-20-60(44)59-29-51(30-59)15-17-57(18-16-51)34-9-10-39(45(21-34)70-35-22-40-41(52)26-54-48(40)53-25-35)49(63)56-71(67,68)36-23-43(61(65)66)47-46(24-36)69-28-42(55-47)33-11-13-50(4,64)14-12-33/h5-10,21-26,31,33,42,44,55,64H,11-20,27-30H2,1-4H3,(H,53,54)(H,56,63)/t33?,42-,44+,50?/m1/s1. The second-order valence-electron chi connectivity index (χ2n) is 20.6. The van der Waals surface area contributed by atoms with E-state index in [9.17, 15) is 37.6 Å². The van der Waals surface area contributed by atoms with E-state index in [4.69, 9.17) is 9.47 Å². The topological polar surface area (TPSA) is 216 Å². The molecule has 4 aliphatic heterocycles. The summed E-state index contributed by atoms with van der Waals surface area (Å²) in [6.45, 7) is 13.2. The summed E-state index contributed by atoms with van der Waals surface area (Å²) in [5.41, 5.74) is 2.22. The summed E-state index contributed by atoms with van der Waals surface area (Å²) in [6.07, 6.45) is 6.85. The van der Waals surface area contributed by atoms with E-state index in [1.807, 2.05) is 4.90 Å². The van der Waals surface area contributed by atoms with E-state index >= 15 is 0 Å². The van der Waals surface area contributed by atoms with E-state index in [0.717, 1.165) is 50.3 Å². The number of piperidine rings is 1. The molecule has 71 heavy (non-hydrogen) atoms. The van der Waals surface area contributed by atoms with E-state index < -0.39 is 42.9 Å². The number of benzene rings is 3. The van der Waals surface area contributed by atoms with Crippen molar-refractivity contribution in [3.05, 3.63) is 106 Å². The highest BCUT2D eigenvalue weighted by Crippen LogP contribution is 2.47. The first-order valence-electron chi connectivity index (χ1n) is 24.4. The van der Waals surface area contributed by atoms with Crippen molar-refractivity contribution in [2.75, 3.05) is 62.6 Å². The number of carbonyl (C=O) groups excluding carboxylic acids is 2. The van der Waals surface area contributed by atoms with Gasteiger partial charge in [-0.05, 0) is 86.6 Å². The molecule has 4 fully saturated rings. The number of nitro benzene ring substituents is 1. The van der Waals surface area contributed by atoms with Gasteiger partial charge >= 0.3 is 0 Å². The summed E-state index contributed by atoms with van der Waals surface area (Å²) >= 11 is 0. The van der Waals surface area contributed by atoms with Gasteiger partial charge in [-0.15, -0.1) is 0 Å². The highest BCUT2D eigenvalue weighted by atomic mass is 32.2. The van der Waals surface area contributed by atoms with E-state index in [-0.39, 0.29) is 75.5 Å². The van der Waals surface area contributed by atoms with Crippen LogP contribution < -0.4 is 24.4 Å². The third-order valence-corrected chi connectivity index (χ3v) is 16.8. The summed E-state index contributed by atoms with van der Waals surface area (Å²) in [4.78, 5) is 49.1. The molecule has 20 heteroatoms. The molecule has 3 saturated heterocycles. The Labute approximate surface area is 411 Å². The zero-order chi connectivity index (χ0) is 50.0. The Morgan fingerprint density at radius 2 is 1.77 bits per heavy atom. The molecule has 10 rings (SSSR count). The molecule has 0 radical (unpaired) electrons. The van der Waals surface area contributed by atoms with Crippen LogP contribution in [0, 0.1) is 27.3 Å². The number of rotatable bonds is 11. The fraction of sp³-hybridized carbons (Fsp3) is 0.471. The summed E-state index contributed by atoms with van der Waals surface area (Å²) < 4.78 is 57.0. The molecule has 2 atom stereocenters. The Kier molecular flexibility index (Phi) is 12.7. The van der Waals surface area contributed by atoms with Crippen LogP contribution in [-0.2, 0) is 14.8 Å². The zero-order valence-corrected chi connectivity index (χ0v) is 41.1. The minimum Gasteiger partial charge on any atom is -0.489 e. The maximum atomic E-state index is 14.7. The number of carbonyl (C=O) groups is 2. The van der Waals surface area contributed by atoms with Gasteiger partial charge in [0.25, 0.3) is 21.6 Å². The number of hydrogen-bond acceptors (Lipinski definition) is 14. The van der Waals surface area contributed by atoms with Crippen molar-refractivity contribution >= 4 is 49.9 Å². The molecule has 376 valence electrons. The number of nitrogens with one attached hydrogen (secondary N) is 3. The number of nitrogens with zero attached hydrogens (tertiary/aromatic N) is 6. The first-order valence-corrected chi connectivity index (χ1v) is 25.9. The van der Waals surface area contributed by atoms with Crippen molar-refractivity contribution in [1.29, 1.82) is 0 Å². The third kappa shape index (κ3) is 9.61. The summed E-state index contributed by atoms with van der Waals surface area (Å²) in [5, 5.41) is 31.2. The minimum absolute atomic E-state index is 0.0148. The number of anilines is 2. The predicted molar refractivity (Wildman–Crippen MR) is 263 cm³/mol. The molecular formula is C51H60FN9O9S. The zero-order valence-electron chi connectivity index (χ0n) is 40.3. The second-order valence-corrected chi connectivity index (χ2v) is 22.3. The Hall–Kier alpha value is -6.35. The summed E-state index contributed by atoms with van der Waals surface area (Å²) in [5.74, 6) is -1.08. The van der Waals surface area contributed by atoms with Gasteiger partial charge < -0.3 is 34.7 Å². The number of sulfonamides is 1. The number of amides is 2. The minimum atomic E-state index is -4.74. The van der Waals surface area contributed by atoms with Crippen LogP contribution in [0.5, 0.6) is 17.2 Å². The van der Waals surface area contributed by atoms with Gasteiger partial charge in [-0.1, -0.05) is 38.1 Å². The van der Waals surface area contributed by atoms with Gasteiger partial charge in [0, 0.05) is 88.2 Å². The summed E-state index contributed by atoms with van der Waals surface area (Å²) in [6, 6.07) is 16.6. The largest absolute Gasteiger partial charge is 0.489 e. The lowest BCUT2D eigenvalue weighted by atomic mass is 9.72. The quantitative estimate of drug-likeness (QED) is 0.0746. The highest BCUT2D eigenvalue weighted by molar-refractivity contribution is 7.90. The lowest BCUT2D eigenvalue weighted by Gasteiger charge is -2.60. The van der Waals surface area contributed by atoms with Crippen LogP contribution >= 0.6 is 0 Å². The molecule has 0 bridgehead atoms. The van der Waals surface area contributed by atoms with Gasteiger partial charge in [0.1, 0.15) is 29.6 Å². The van der Waals surface area contributed by atoms with Gasteiger partial charge in [-0.3, -0.25) is 19.7 Å². The SMILES string of the molecule is CC(=O)N1CCN(N2CC3(CCN(c4ccc(C(=O)NS(=O)(=O)c5cc6c(c([N+](=O)[O-])c5)N[C@@H](C5CCC(C)(O)CC5)CO6)c(Oc5cnc6[nH]cc(F)c6c5)c4)CC3)C2)[C@H](c2ccccc2C(C)C)C1. The van der Waals surface area contributed by atoms with Crippen LogP contribution in [0.3, 0.4) is 0 Å². The molecule has 5 aromatic rings. The van der Waals surface area contributed by atoms with Gasteiger partial charge in [0.15, 0.2) is 11.4 Å². The van der Waals surface area contributed by atoms with Gasteiger partial charge in [-0.2, -0.15) is 0 Å². The number of nitro groups is 1. The van der Waals surface area contributed by atoms with Gasteiger partial charge in [0.05, 0.1) is 44.7 Å². The molecule has 6 heterocycles. The van der Waals surface area contributed by atoms with Crippen molar-refractivity contribution < 1.29 is 41.9 Å². The molecule has 1 spiro atoms. The Bertz CT molecular complexity index is 2990. The van der Waals surface area contributed by atoms with Crippen LogP contribution in [0.1, 0.15) is 99.7 Å². The maximum absolute atomic E-state index is 14.7. The Morgan fingerprint density at radius 3 is 2.49 bits per heavy atom. The van der Waals surface area contributed by atoms with Crippen molar-refractivity contribution in [3.63, 3.8) is 0 Å². The van der Waals surface area contributed by atoms with E-state index in [1.165, 1.54) is 35.7 Å². The molecule has 0 unspecified atom stereocenters. The van der Waals surface area contributed by atoms with Crippen molar-refractivity contribution in [2.45, 2.75) is 94.7 Å². The lowest BCUT2D eigenvalue weighted by molar-refractivity contribution is -0.384. The Balaban J connectivity index is 0.865. The predicted octanol–water partition coefficient (Wildman–Crippen LogP) is 7.48. The average Bonchev–Trinajstić information content (AvgIpc) is 3.71. The molecule has 5 aliphatic rings. The fourth-order valence-electron chi connectivity index (χ4n) is 11.3. The van der Waals surface area contributed by atoms with Crippen LogP contribution in [0.25, 0.3) is 11.0 Å². The van der Waals surface area contributed by atoms with Crippen LogP contribution in [-0.4, -0.2) is 119 Å². The third-order valence-electron chi connectivity index (χ3n) is 15.5. The van der Waals surface area contributed by atoms with E-state index in [0.29, 0.717) is 57.8 Å². The fourth-order valence-corrected chi connectivity index (χ4v) is 12.3. The Morgan fingerprint density at radius 1 is 1.03 bits per heavy atom. The number of aromatic amines is 1. The van der Waals surface area contributed by atoms with Gasteiger partial charge in [-0.25, -0.2) is 32.5 Å². The highest BCUT2D eigenvalue weighted by Gasteiger charge is 2.49. The normalized spacial score (nSPS) is 23.7. The number of hydrazine groups is 1. The average molecular weight is 994 g/mol. The van der Waals surface area contributed by atoms with Crippen molar-refractivity contribution in [3.8, 4) is 17.2 Å². The van der Waals surface area contributed by atoms with E-state index in [2.05, 4.69) is 73.0 Å². The second kappa shape index (κ2) is 18.7. The molecular weight excluding hydrogens is 934 g/mol. The van der Waals surface area contributed by atoms with Crippen LogP contribution in [0.4, 0.5) is 21.5 Å². The number of fused-ring (bicyclic) bond motifs is 2. The number of hydrogen-bond donors (Lipinski definition) is 4.